The minimum absolute atomic E-state index is 0.0674. The number of carbonyl (C=O) groups is 1. The van der Waals surface area contributed by atoms with Gasteiger partial charge in [-0.2, -0.15) is 13.2 Å². The van der Waals surface area contributed by atoms with Gasteiger partial charge in [0.15, 0.2) is 0 Å². The average molecular weight is 344 g/mol. The molecule has 1 aromatic rings. The van der Waals surface area contributed by atoms with E-state index in [0.717, 1.165) is 18.9 Å². The highest BCUT2D eigenvalue weighted by molar-refractivity contribution is 5.74. The van der Waals surface area contributed by atoms with E-state index in [4.69, 9.17) is 4.74 Å². The zero-order valence-corrected chi connectivity index (χ0v) is 13.9. The number of hydrogen-bond acceptors (Lipinski definition) is 2. The van der Waals surface area contributed by atoms with Gasteiger partial charge in [-0.25, -0.2) is 4.79 Å². The van der Waals surface area contributed by atoms with E-state index in [-0.39, 0.29) is 11.6 Å². The fraction of sp³-hybridized carbons (Fsp3) is 0.588. The Balaban J connectivity index is 1.98. The lowest BCUT2D eigenvalue weighted by Gasteiger charge is -2.28. The third kappa shape index (κ3) is 4.87. The van der Waals surface area contributed by atoms with E-state index in [1.807, 2.05) is 0 Å². The molecular formula is C17H23F3N2O2. The molecule has 2 amide bonds. The number of rotatable bonds is 4. The second-order valence-electron chi connectivity index (χ2n) is 6.19. The summed E-state index contributed by atoms with van der Waals surface area (Å²) in [5.74, 6) is 0.368. The van der Waals surface area contributed by atoms with Gasteiger partial charge in [-0.1, -0.05) is 18.2 Å². The first-order valence-electron chi connectivity index (χ1n) is 8.04. The van der Waals surface area contributed by atoms with Gasteiger partial charge in [0.1, 0.15) is 0 Å². The maximum absolute atomic E-state index is 13.1. The molecule has 1 fully saturated rings. The van der Waals surface area contributed by atoms with Gasteiger partial charge in [0, 0.05) is 26.8 Å². The first-order chi connectivity index (χ1) is 11.3. The van der Waals surface area contributed by atoms with Crippen LogP contribution >= 0.6 is 0 Å². The quantitative estimate of drug-likeness (QED) is 0.902. The normalized spacial score (nSPS) is 17.4. The summed E-state index contributed by atoms with van der Waals surface area (Å²) in [4.78, 5) is 13.8. The molecule has 0 unspecified atom stereocenters. The van der Waals surface area contributed by atoms with Crippen LogP contribution in [0, 0.1) is 5.92 Å². The molecule has 7 heteroatoms. The van der Waals surface area contributed by atoms with Gasteiger partial charge < -0.3 is 15.0 Å². The second-order valence-corrected chi connectivity index (χ2v) is 6.19. The molecule has 0 aliphatic carbocycles. The van der Waals surface area contributed by atoms with Crippen LogP contribution in [0.15, 0.2) is 24.3 Å². The van der Waals surface area contributed by atoms with Crippen molar-refractivity contribution in [1.82, 2.24) is 10.2 Å². The number of urea groups is 1. The first kappa shape index (κ1) is 18.6. The summed E-state index contributed by atoms with van der Waals surface area (Å²) in [6, 6.07) is 4.21. The van der Waals surface area contributed by atoms with Crippen molar-refractivity contribution in [3.05, 3.63) is 35.4 Å². The predicted molar refractivity (Wildman–Crippen MR) is 84.6 cm³/mol. The van der Waals surface area contributed by atoms with E-state index < -0.39 is 17.8 Å². The third-order valence-electron chi connectivity index (χ3n) is 4.29. The number of nitrogens with one attached hydrogen (secondary N) is 1. The number of hydrogen-bond donors (Lipinski definition) is 1. The predicted octanol–water partition coefficient (Wildman–Crippen LogP) is 3.83. The number of amides is 2. The maximum Gasteiger partial charge on any atom is 0.416 e. The Hall–Kier alpha value is -1.76. The maximum atomic E-state index is 13.1. The molecule has 0 bridgehead atoms. The van der Waals surface area contributed by atoms with Crippen molar-refractivity contribution in [2.45, 2.75) is 32.0 Å². The standard InChI is InChI=1S/C17H23F3N2O2/c1-12(14-5-3-4-6-15(14)17(18,19)20)21-16(23)22(2)11-13-7-9-24-10-8-13/h3-6,12-13H,7-11H2,1-2H3,(H,21,23)/t12-/m1/s1. The fourth-order valence-electron chi connectivity index (χ4n) is 2.91. The average Bonchev–Trinajstić information content (AvgIpc) is 2.55. The molecule has 0 spiro atoms. The molecule has 0 radical (unpaired) electrons. The number of carbonyl (C=O) groups excluding carboxylic acids is 1. The minimum atomic E-state index is -4.44. The molecule has 1 aliphatic heterocycles. The van der Waals surface area contributed by atoms with Crippen molar-refractivity contribution >= 4 is 6.03 Å². The molecular weight excluding hydrogens is 321 g/mol. The second kappa shape index (κ2) is 7.88. The van der Waals surface area contributed by atoms with Crippen LogP contribution in [0.4, 0.5) is 18.0 Å². The Bertz CT molecular complexity index is 557. The van der Waals surface area contributed by atoms with Crippen molar-refractivity contribution < 1.29 is 22.7 Å². The SMILES string of the molecule is C[C@@H](NC(=O)N(C)CC1CCOCC1)c1ccccc1C(F)(F)F. The monoisotopic (exact) mass is 344 g/mol. The Morgan fingerprint density at radius 2 is 1.96 bits per heavy atom. The molecule has 1 aromatic carbocycles. The first-order valence-corrected chi connectivity index (χ1v) is 8.04. The molecule has 1 N–H and O–H groups in total. The molecule has 1 saturated heterocycles. The summed E-state index contributed by atoms with van der Waals surface area (Å²) in [5.41, 5.74) is -0.650. The highest BCUT2D eigenvalue weighted by Crippen LogP contribution is 2.34. The van der Waals surface area contributed by atoms with Gasteiger partial charge in [0.25, 0.3) is 0 Å². The molecule has 1 atom stereocenters. The van der Waals surface area contributed by atoms with Crippen LogP contribution in [0.1, 0.15) is 36.9 Å². The van der Waals surface area contributed by atoms with Gasteiger partial charge in [0.2, 0.25) is 0 Å². The Morgan fingerprint density at radius 1 is 1.33 bits per heavy atom. The zero-order chi connectivity index (χ0) is 17.7. The number of halogens is 3. The number of nitrogens with zero attached hydrogens (tertiary/aromatic N) is 1. The molecule has 4 nitrogen and oxygen atoms in total. The van der Waals surface area contributed by atoms with Gasteiger partial charge in [-0.05, 0) is 37.3 Å². The van der Waals surface area contributed by atoms with Crippen LogP contribution in [-0.4, -0.2) is 37.7 Å². The summed E-state index contributed by atoms with van der Waals surface area (Å²) in [5, 5.41) is 2.65. The molecule has 0 saturated carbocycles. The van der Waals surface area contributed by atoms with Crippen molar-refractivity contribution in [2.75, 3.05) is 26.8 Å². The molecule has 0 aromatic heterocycles. The van der Waals surface area contributed by atoms with Gasteiger partial charge in [-0.15, -0.1) is 0 Å². The lowest BCUT2D eigenvalue weighted by atomic mass is 10.00. The fourth-order valence-corrected chi connectivity index (χ4v) is 2.91. The van der Waals surface area contributed by atoms with Crippen LogP contribution < -0.4 is 5.32 Å². The van der Waals surface area contributed by atoms with Crippen LogP contribution in [0.3, 0.4) is 0 Å². The van der Waals surface area contributed by atoms with Crippen molar-refractivity contribution in [1.29, 1.82) is 0 Å². The van der Waals surface area contributed by atoms with Crippen molar-refractivity contribution in [2.24, 2.45) is 5.92 Å². The zero-order valence-electron chi connectivity index (χ0n) is 13.9. The van der Waals surface area contributed by atoms with E-state index in [2.05, 4.69) is 5.32 Å². The van der Waals surface area contributed by atoms with Crippen molar-refractivity contribution in [3.63, 3.8) is 0 Å². The van der Waals surface area contributed by atoms with Crippen LogP contribution in [0.5, 0.6) is 0 Å². The Labute approximate surface area is 140 Å². The van der Waals surface area contributed by atoms with E-state index in [9.17, 15) is 18.0 Å². The molecule has 2 rings (SSSR count). The smallest absolute Gasteiger partial charge is 0.381 e. The number of alkyl halides is 3. The van der Waals surface area contributed by atoms with Crippen LogP contribution in [0.2, 0.25) is 0 Å². The van der Waals surface area contributed by atoms with Gasteiger partial charge in [0.05, 0.1) is 11.6 Å². The summed E-state index contributed by atoms with van der Waals surface area (Å²) >= 11 is 0. The van der Waals surface area contributed by atoms with Crippen molar-refractivity contribution in [3.8, 4) is 0 Å². The molecule has 24 heavy (non-hydrogen) atoms. The summed E-state index contributed by atoms with van der Waals surface area (Å²) in [6.07, 6.45) is -2.66. The lowest BCUT2D eigenvalue weighted by Crippen LogP contribution is -2.42. The molecule has 134 valence electrons. The molecule has 1 heterocycles. The largest absolute Gasteiger partial charge is 0.416 e. The third-order valence-corrected chi connectivity index (χ3v) is 4.29. The van der Waals surface area contributed by atoms with Crippen LogP contribution in [0.25, 0.3) is 0 Å². The van der Waals surface area contributed by atoms with E-state index >= 15 is 0 Å². The van der Waals surface area contributed by atoms with Gasteiger partial charge >= 0.3 is 12.2 Å². The summed E-state index contributed by atoms with van der Waals surface area (Å²) in [7, 11) is 1.66. The van der Waals surface area contributed by atoms with E-state index in [1.165, 1.54) is 17.0 Å². The minimum Gasteiger partial charge on any atom is -0.381 e. The topological polar surface area (TPSA) is 41.6 Å². The molecule has 1 aliphatic rings. The highest BCUT2D eigenvalue weighted by atomic mass is 19.4. The Kier molecular flexibility index (Phi) is 6.10. The van der Waals surface area contributed by atoms with E-state index in [0.29, 0.717) is 25.7 Å². The lowest BCUT2D eigenvalue weighted by molar-refractivity contribution is -0.138. The summed E-state index contributed by atoms with van der Waals surface area (Å²) < 4.78 is 44.5. The highest BCUT2D eigenvalue weighted by Gasteiger charge is 2.34. The number of ether oxygens (including phenoxy) is 1. The summed E-state index contributed by atoms with van der Waals surface area (Å²) in [6.45, 7) is 3.51. The Morgan fingerprint density at radius 3 is 2.58 bits per heavy atom. The van der Waals surface area contributed by atoms with E-state index in [1.54, 1.807) is 20.0 Å². The van der Waals surface area contributed by atoms with Gasteiger partial charge in [-0.3, -0.25) is 0 Å². The number of benzene rings is 1. The van der Waals surface area contributed by atoms with Crippen LogP contribution in [-0.2, 0) is 10.9 Å².